The quantitative estimate of drug-likeness (QED) is 0.655. The summed E-state index contributed by atoms with van der Waals surface area (Å²) in [7, 11) is 0. The number of aromatic nitrogens is 2. The molecule has 4 rings (SSSR count). The number of hydrogen-bond donors (Lipinski definition) is 2. The van der Waals surface area contributed by atoms with Gasteiger partial charge < -0.3 is 24.8 Å². The van der Waals surface area contributed by atoms with Crippen LogP contribution >= 0.6 is 0 Å². The van der Waals surface area contributed by atoms with Crippen molar-refractivity contribution in [2.24, 2.45) is 0 Å². The van der Waals surface area contributed by atoms with E-state index in [1.54, 1.807) is 12.1 Å². The van der Waals surface area contributed by atoms with Crippen LogP contribution in [0.5, 0.6) is 17.2 Å². The van der Waals surface area contributed by atoms with E-state index in [0.717, 1.165) is 5.69 Å². The number of hydrogen-bond acceptors (Lipinski definition) is 7. The second-order valence-corrected chi connectivity index (χ2v) is 6.60. The Morgan fingerprint density at radius 3 is 2.69 bits per heavy atom. The molecule has 2 heterocycles. The highest BCUT2D eigenvalue weighted by Gasteiger charge is 2.15. The van der Waals surface area contributed by atoms with Gasteiger partial charge in [-0.05, 0) is 38.1 Å². The van der Waals surface area contributed by atoms with Gasteiger partial charge in [0.05, 0.1) is 24.2 Å². The molecule has 1 aliphatic heterocycles. The molecule has 0 saturated carbocycles. The summed E-state index contributed by atoms with van der Waals surface area (Å²) >= 11 is 0. The molecule has 0 radical (unpaired) electrons. The van der Waals surface area contributed by atoms with Crippen LogP contribution in [0.3, 0.4) is 0 Å². The van der Waals surface area contributed by atoms with E-state index in [0.29, 0.717) is 28.8 Å². The van der Waals surface area contributed by atoms with E-state index in [9.17, 15) is 4.79 Å². The van der Waals surface area contributed by atoms with E-state index in [-0.39, 0.29) is 24.5 Å². The number of fused-ring (bicyclic) bond motifs is 1. The van der Waals surface area contributed by atoms with Gasteiger partial charge in [-0.25, -0.2) is 9.97 Å². The molecule has 0 unspecified atom stereocenters. The summed E-state index contributed by atoms with van der Waals surface area (Å²) in [6.07, 6.45) is 2.90. The first-order chi connectivity index (χ1) is 14.1. The highest BCUT2D eigenvalue weighted by atomic mass is 16.7. The van der Waals surface area contributed by atoms with Crippen molar-refractivity contribution in [3.63, 3.8) is 0 Å². The minimum Gasteiger partial charge on any atom is -0.489 e. The average Bonchev–Trinajstić information content (AvgIpc) is 3.17. The second-order valence-electron chi connectivity index (χ2n) is 6.60. The van der Waals surface area contributed by atoms with Crippen molar-refractivity contribution in [2.75, 3.05) is 17.4 Å². The highest BCUT2D eigenvalue weighted by Crippen LogP contribution is 2.34. The van der Waals surface area contributed by atoms with Crippen LogP contribution in [0.2, 0.25) is 0 Å². The molecule has 0 spiro atoms. The van der Waals surface area contributed by atoms with Crippen LogP contribution in [0.1, 0.15) is 24.3 Å². The summed E-state index contributed by atoms with van der Waals surface area (Å²) in [5, 5.41) is 5.93. The molecule has 3 aromatic rings. The van der Waals surface area contributed by atoms with Crippen LogP contribution in [0, 0.1) is 0 Å². The minimum atomic E-state index is -0.369. The maximum absolute atomic E-state index is 12.5. The fraction of sp³-hybridized carbons (Fsp3) is 0.190. The Bertz CT molecular complexity index is 1020. The van der Waals surface area contributed by atoms with Gasteiger partial charge in [0.1, 0.15) is 17.3 Å². The normalized spacial score (nSPS) is 12.0. The van der Waals surface area contributed by atoms with Crippen molar-refractivity contribution in [3.8, 4) is 17.2 Å². The molecule has 29 heavy (non-hydrogen) atoms. The van der Waals surface area contributed by atoms with Gasteiger partial charge >= 0.3 is 0 Å². The zero-order chi connectivity index (χ0) is 20.2. The SMILES string of the molecule is CC(C)Oc1ccccc1NC(=O)c1cnc(Nc2ccc3c(c2)OCO3)cn1. The minimum absolute atomic E-state index is 0.00520. The topological polar surface area (TPSA) is 94.6 Å². The zero-order valence-electron chi connectivity index (χ0n) is 16.0. The molecule has 1 aromatic heterocycles. The number of nitrogens with one attached hydrogen (secondary N) is 2. The average molecular weight is 392 g/mol. The molecular formula is C21H20N4O4. The fourth-order valence-corrected chi connectivity index (χ4v) is 2.74. The Morgan fingerprint density at radius 1 is 1.07 bits per heavy atom. The van der Waals surface area contributed by atoms with Gasteiger partial charge in [0.15, 0.2) is 11.5 Å². The lowest BCUT2D eigenvalue weighted by Crippen LogP contribution is -2.16. The van der Waals surface area contributed by atoms with E-state index < -0.39 is 0 Å². The Kier molecular flexibility index (Phi) is 5.15. The first-order valence-corrected chi connectivity index (χ1v) is 9.14. The van der Waals surface area contributed by atoms with Crippen LogP contribution in [0.4, 0.5) is 17.2 Å². The first-order valence-electron chi connectivity index (χ1n) is 9.14. The number of carbonyl (C=O) groups excluding carboxylic acids is 1. The van der Waals surface area contributed by atoms with Gasteiger partial charge in [-0.1, -0.05) is 12.1 Å². The largest absolute Gasteiger partial charge is 0.489 e. The Labute approximate surface area is 167 Å². The van der Waals surface area contributed by atoms with Gasteiger partial charge in [0, 0.05) is 11.8 Å². The molecule has 1 amide bonds. The van der Waals surface area contributed by atoms with E-state index in [1.807, 2.05) is 44.2 Å². The number of carbonyl (C=O) groups is 1. The third-order valence-corrected chi connectivity index (χ3v) is 4.03. The standard InChI is InChI=1S/C21H20N4O4/c1-13(2)29-17-6-4-3-5-15(17)25-21(26)16-10-23-20(11-22-16)24-14-7-8-18-19(9-14)28-12-27-18/h3-11,13H,12H2,1-2H3,(H,23,24)(H,25,26). The van der Waals surface area contributed by atoms with Crippen LogP contribution < -0.4 is 24.8 Å². The van der Waals surface area contributed by atoms with Crippen LogP contribution in [-0.2, 0) is 0 Å². The van der Waals surface area contributed by atoms with E-state index >= 15 is 0 Å². The van der Waals surface area contributed by atoms with Gasteiger partial charge in [-0.15, -0.1) is 0 Å². The summed E-state index contributed by atoms with van der Waals surface area (Å²) in [6, 6.07) is 12.7. The predicted molar refractivity (Wildman–Crippen MR) is 108 cm³/mol. The lowest BCUT2D eigenvalue weighted by Gasteiger charge is -2.14. The molecule has 1 aliphatic rings. The molecule has 0 fully saturated rings. The summed E-state index contributed by atoms with van der Waals surface area (Å²) in [4.78, 5) is 21.0. The molecule has 8 heteroatoms. The van der Waals surface area contributed by atoms with Crippen LogP contribution in [0.25, 0.3) is 0 Å². The number of benzene rings is 2. The zero-order valence-corrected chi connectivity index (χ0v) is 16.0. The Balaban J connectivity index is 1.43. The molecule has 2 N–H and O–H groups in total. The number of nitrogens with zero attached hydrogens (tertiary/aromatic N) is 2. The van der Waals surface area contributed by atoms with Gasteiger partial charge in [0.25, 0.3) is 5.91 Å². The van der Waals surface area contributed by atoms with E-state index in [1.165, 1.54) is 12.4 Å². The third-order valence-electron chi connectivity index (χ3n) is 4.03. The van der Waals surface area contributed by atoms with Crippen molar-refractivity contribution in [2.45, 2.75) is 20.0 Å². The van der Waals surface area contributed by atoms with Gasteiger partial charge in [0.2, 0.25) is 6.79 Å². The molecular weight excluding hydrogens is 372 g/mol. The molecule has 0 atom stereocenters. The number of amides is 1. The molecule has 148 valence electrons. The predicted octanol–water partition coefficient (Wildman–Crippen LogP) is 3.99. The van der Waals surface area contributed by atoms with Crippen molar-refractivity contribution in [1.82, 2.24) is 9.97 Å². The van der Waals surface area contributed by atoms with E-state index in [4.69, 9.17) is 14.2 Å². The van der Waals surface area contributed by atoms with Gasteiger partial charge in [-0.2, -0.15) is 0 Å². The fourth-order valence-electron chi connectivity index (χ4n) is 2.74. The Hall–Kier alpha value is -3.81. The maximum Gasteiger partial charge on any atom is 0.275 e. The highest BCUT2D eigenvalue weighted by molar-refractivity contribution is 6.03. The second kappa shape index (κ2) is 8.05. The summed E-state index contributed by atoms with van der Waals surface area (Å²) < 4.78 is 16.4. The van der Waals surface area contributed by atoms with Crippen molar-refractivity contribution >= 4 is 23.1 Å². The van der Waals surface area contributed by atoms with Crippen molar-refractivity contribution < 1.29 is 19.0 Å². The van der Waals surface area contributed by atoms with E-state index in [2.05, 4.69) is 20.6 Å². The first kappa shape index (κ1) is 18.5. The lowest BCUT2D eigenvalue weighted by atomic mass is 10.2. The van der Waals surface area contributed by atoms with Crippen molar-refractivity contribution in [3.05, 3.63) is 60.6 Å². The Morgan fingerprint density at radius 2 is 1.90 bits per heavy atom. The molecule has 0 saturated heterocycles. The number of ether oxygens (including phenoxy) is 3. The maximum atomic E-state index is 12.5. The molecule has 8 nitrogen and oxygen atoms in total. The summed E-state index contributed by atoms with van der Waals surface area (Å²) in [5.74, 6) is 2.11. The van der Waals surface area contributed by atoms with Gasteiger partial charge in [-0.3, -0.25) is 4.79 Å². The monoisotopic (exact) mass is 392 g/mol. The van der Waals surface area contributed by atoms with Crippen LogP contribution in [-0.4, -0.2) is 28.8 Å². The summed E-state index contributed by atoms with van der Waals surface area (Å²) in [6.45, 7) is 4.07. The third kappa shape index (κ3) is 4.37. The summed E-state index contributed by atoms with van der Waals surface area (Å²) in [5.41, 5.74) is 1.55. The lowest BCUT2D eigenvalue weighted by molar-refractivity contribution is 0.102. The number of rotatable bonds is 6. The smallest absolute Gasteiger partial charge is 0.275 e. The molecule has 2 aromatic carbocycles. The van der Waals surface area contributed by atoms with Crippen molar-refractivity contribution in [1.29, 1.82) is 0 Å². The molecule has 0 aliphatic carbocycles. The number of anilines is 3. The number of para-hydroxylation sites is 2. The van der Waals surface area contributed by atoms with Crippen LogP contribution in [0.15, 0.2) is 54.9 Å². The molecule has 0 bridgehead atoms.